The second-order valence-electron chi connectivity index (χ2n) is 3.64. The molecule has 0 N–H and O–H groups in total. The molecule has 2 aromatic rings. The van der Waals surface area contributed by atoms with Crippen LogP contribution >= 0.6 is 0 Å². The van der Waals surface area contributed by atoms with Crippen LogP contribution in [0.3, 0.4) is 0 Å². The van der Waals surface area contributed by atoms with E-state index in [2.05, 4.69) is 4.98 Å². The summed E-state index contributed by atoms with van der Waals surface area (Å²) in [6.45, 7) is 0. The second kappa shape index (κ2) is 4.50. The Morgan fingerprint density at radius 1 is 1.25 bits per heavy atom. The van der Waals surface area contributed by atoms with E-state index in [9.17, 15) is 4.79 Å². The molecule has 16 heavy (non-hydrogen) atoms. The molecule has 3 heteroatoms. The maximum Gasteiger partial charge on any atom is 1.00 e. The van der Waals surface area contributed by atoms with Crippen LogP contribution in [0.4, 0.5) is 0 Å². The Labute approximate surface area is 117 Å². The van der Waals surface area contributed by atoms with Gasteiger partial charge >= 0.3 is 29.6 Å². The summed E-state index contributed by atoms with van der Waals surface area (Å²) in [6, 6.07) is 9.79. The predicted octanol–water partition coefficient (Wildman–Crippen LogP) is -0.0491. The monoisotopic (exact) mass is 219 g/mol. The number of carbonyl (C=O) groups excluding carboxylic acids is 1. The normalized spacial score (nSPS) is 13.4. The first kappa shape index (κ1) is 11.5. The summed E-state index contributed by atoms with van der Waals surface area (Å²) in [5.74, 6) is 0.158. The molecule has 0 amide bonds. The van der Waals surface area contributed by atoms with Crippen molar-refractivity contribution in [1.29, 1.82) is 0 Å². The molecule has 1 aliphatic rings. The second-order valence-corrected chi connectivity index (χ2v) is 3.64. The summed E-state index contributed by atoms with van der Waals surface area (Å²) in [5, 5.41) is 1.03. The van der Waals surface area contributed by atoms with E-state index in [1.165, 1.54) is 0 Å². The fraction of sp³-hybridized carbons (Fsp3) is 0.0769. The van der Waals surface area contributed by atoms with Crippen LogP contribution in [0.15, 0.2) is 36.4 Å². The van der Waals surface area contributed by atoms with E-state index in [1.807, 2.05) is 42.5 Å². The zero-order valence-corrected chi connectivity index (χ0v) is 11.1. The predicted molar refractivity (Wildman–Crippen MR) is 60.8 cm³/mol. The Kier molecular flexibility index (Phi) is 3.24. The molecule has 1 heterocycles. The first-order valence-electron chi connectivity index (χ1n) is 4.94. The largest absolute Gasteiger partial charge is 1.00 e. The molecule has 1 aromatic heterocycles. The van der Waals surface area contributed by atoms with Crippen molar-refractivity contribution >= 4 is 22.8 Å². The number of benzene rings is 1. The summed E-state index contributed by atoms with van der Waals surface area (Å²) in [4.78, 5) is 16.1. The Morgan fingerprint density at radius 3 is 2.94 bits per heavy atom. The molecule has 0 radical (unpaired) electrons. The van der Waals surface area contributed by atoms with Gasteiger partial charge in [-0.25, -0.2) is 4.98 Å². The maximum absolute atomic E-state index is 11.6. The van der Waals surface area contributed by atoms with Gasteiger partial charge < -0.3 is 1.43 Å². The van der Waals surface area contributed by atoms with Crippen molar-refractivity contribution in [1.82, 2.24) is 4.98 Å². The third-order valence-corrected chi connectivity index (χ3v) is 2.63. The zero-order valence-electron chi connectivity index (χ0n) is 10.1. The molecular weight excluding hydrogens is 209 g/mol. The van der Waals surface area contributed by atoms with Gasteiger partial charge in [-0.15, -0.1) is 0 Å². The number of Topliss-reactive ketones (excluding diaryl/α,β-unsaturated/α-hetero) is 1. The quantitative estimate of drug-likeness (QED) is 0.581. The Hall–Kier alpha value is -0.960. The van der Waals surface area contributed by atoms with Crippen molar-refractivity contribution in [2.75, 3.05) is 0 Å². The molecule has 0 saturated carbocycles. The van der Waals surface area contributed by atoms with Gasteiger partial charge in [-0.05, 0) is 18.2 Å². The van der Waals surface area contributed by atoms with E-state index in [-0.39, 0.29) is 36.8 Å². The number of fused-ring (bicyclic) bond motifs is 2. The number of hydrogen-bond acceptors (Lipinski definition) is 2. The summed E-state index contributed by atoms with van der Waals surface area (Å²) >= 11 is 0. The molecule has 0 unspecified atom stereocenters. The van der Waals surface area contributed by atoms with E-state index < -0.39 is 0 Å². The van der Waals surface area contributed by atoms with Gasteiger partial charge in [-0.1, -0.05) is 24.3 Å². The molecular formula is C13H10NNaO. The van der Waals surface area contributed by atoms with Crippen LogP contribution in [-0.4, -0.2) is 10.8 Å². The van der Waals surface area contributed by atoms with Crippen LogP contribution in [-0.2, 0) is 0 Å². The van der Waals surface area contributed by atoms with Crippen molar-refractivity contribution < 1.29 is 35.8 Å². The molecule has 0 bridgehead atoms. The number of nitrogens with zero attached hydrogens (tertiary/aromatic N) is 1. The molecule has 1 aliphatic carbocycles. The van der Waals surface area contributed by atoms with Crippen molar-refractivity contribution in [3.8, 4) is 0 Å². The molecule has 0 saturated heterocycles. The first-order valence-corrected chi connectivity index (χ1v) is 4.94. The average molecular weight is 219 g/mol. The van der Waals surface area contributed by atoms with Crippen molar-refractivity contribution in [3.05, 3.63) is 47.7 Å². The molecule has 0 aliphatic heterocycles. The Morgan fingerprint density at radius 2 is 2.06 bits per heavy atom. The van der Waals surface area contributed by atoms with Crippen LogP contribution in [0, 0.1) is 0 Å². The minimum Gasteiger partial charge on any atom is -1.00 e. The van der Waals surface area contributed by atoms with Crippen molar-refractivity contribution in [2.45, 2.75) is 6.42 Å². The standard InChI is InChI=1S/C13H9NO.Na.H/c15-13-7-3-6-12-10(13)8-9-4-1-2-5-11(9)14-12;;/h1-6,8H,7H2;;/q;+1;-1. The van der Waals surface area contributed by atoms with E-state index in [0.29, 0.717) is 6.42 Å². The van der Waals surface area contributed by atoms with Crippen LogP contribution in [0.1, 0.15) is 23.9 Å². The zero-order chi connectivity index (χ0) is 10.3. The minimum absolute atomic E-state index is 0. The summed E-state index contributed by atoms with van der Waals surface area (Å²) in [6.07, 6.45) is 4.28. The fourth-order valence-corrected chi connectivity index (χ4v) is 1.87. The van der Waals surface area contributed by atoms with Gasteiger partial charge in [0.05, 0.1) is 11.2 Å². The summed E-state index contributed by atoms with van der Waals surface area (Å²) in [5.41, 5.74) is 2.48. The van der Waals surface area contributed by atoms with E-state index in [4.69, 9.17) is 0 Å². The minimum atomic E-state index is 0. The van der Waals surface area contributed by atoms with Gasteiger partial charge in [0.1, 0.15) is 0 Å². The number of rotatable bonds is 0. The van der Waals surface area contributed by atoms with Crippen LogP contribution < -0.4 is 29.6 Å². The fourth-order valence-electron chi connectivity index (χ4n) is 1.87. The SMILES string of the molecule is O=C1CC=Cc2nc3ccccc3cc21.[H-].[Na+]. The number of aromatic nitrogens is 1. The molecule has 2 nitrogen and oxygen atoms in total. The molecule has 1 aromatic carbocycles. The smallest absolute Gasteiger partial charge is 1.00 e. The van der Waals surface area contributed by atoms with Gasteiger partial charge in [-0.2, -0.15) is 0 Å². The number of pyridine rings is 1. The van der Waals surface area contributed by atoms with Gasteiger partial charge in [0, 0.05) is 17.4 Å². The number of allylic oxidation sites excluding steroid dienone is 1. The maximum atomic E-state index is 11.6. The van der Waals surface area contributed by atoms with Gasteiger partial charge in [0.15, 0.2) is 5.78 Å². The van der Waals surface area contributed by atoms with Crippen molar-refractivity contribution in [3.63, 3.8) is 0 Å². The molecule has 0 atom stereocenters. The molecule has 0 fully saturated rings. The van der Waals surface area contributed by atoms with Crippen LogP contribution in [0.5, 0.6) is 0 Å². The number of para-hydroxylation sites is 1. The van der Waals surface area contributed by atoms with Gasteiger partial charge in [-0.3, -0.25) is 4.79 Å². The third kappa shape index (κ3) is 1.84. The summed E-state index contributed by atoms with van der Waals surface area (Å²) < 4.78 is 0. The van der Waals surface area contributed by atoms with Crippen molar-refractivity contribution in [2.24, 2.45) is 0 Å². The molecule has 0 spiro atoms. The Balaban J connectivity index is 0.000000722. The topological polar surface area (TPSA) is 30.0 Å². The number of hydrogen-bond donors (Lipinski definition) is 0. The van der Waals surface area contributed by atoms with Crippen LogP contribution in [0.2, 0.25) is 0 Å². The van der Waals surface area contributed by atoms with E-state index >= 15 is 0 Å². The number of carbonyl (C=O) groups is 1. The van der Waals surface area contributed by atoms with E-state index in [1.54, 1.807) is 0 Å². The average Bonchev–Trinajstić information content (AvgIpc) is 2.27. The molecule has 74 valence electrons. The van der Waals surface area contributed by atoms with E-state index in [0.717, 1.165) is 22.2 Å². The van der Waals surface area contributed by atoms with Crippen LogP contribution in [0.25, 0.3) is 17.0 Å². The third-order valence-electron chi connectivity index (χ3n) is 2.63. The van der Waals surface area contributed by atoms with Gasteiger partial charge in [0.25, 0.3) is 0 Å². The van der Waals surface area contributed by atoms with Gasteiger partial charge in [0.2, 0.25) is 0 Å². The molecule has 3 rings (SSSR count). The first-order chi connectivity index (χ1) is 7.34. The number of ketones is 1. The Bertz CT molecular complexity index is 595. The summed E-state index contributed by atoms with van der Waals surface area (Å²) in [7, 11) is 0.